The van der Waals surface area contributed by atoms with Crippen molar-refractivity contribution in [3.8, 4) is 0 Å². The van der Waals surface area contributed by atoms with Crippen LogP contribution in [0.1, 0.15) is 38.7 Å². The molecule has 8 nitrogen and oxygen atoms in total. The maximum atomic E-state index is 11.8. The first-order valence-electron chi connectivity index (χ1n) is 8.92. The Bertz CT molecular complexity index is 655. The quantitative estimate of drug-likeness (QED) is 0.391. The van der Waals surface area contributed by atoms with E-state index in [-0.39, 0.29) is 25.2 Å². The molecule has 1 aromatic carbocycles. The SMILES string of the molecule is COC(C)C(=O)OCC(=O)OC(CCCC(=O)OCc1ccccc1)C(C)=O. The number of ketones is 1. The second-order valence-corrected chi connectivity index (χ2v) is 6.11. The maximum Gasteiger partial charge on any atom is 0.344 e. The molecule has 0 amide bonds. The van der Waals surface area contributed by atoms with E-state index in [0.717, 1.165) is 5.56 Å². The lowest BCUT2D eigenvalue weighted by Gasteiger charge is -2.15. The molecule has 1 rings (SSSR count). The van der Waals surface area contributed by atoms with Crippen LogP contribution in [0.4, 0.5) is 0 Å². The van der Waals surface area contributed by atoms with Crippen LogP contribution in [0.25, 0.3) is 0 Å². The number of hydrogen-bond acceptors (Lipinski definition) is 8. The van der Waals surface area contributed by atoms with Gasteiger partial charge in [0.2, 0.25) is 0 Å². The Morgan fingerprint density at radius 1 is 1.00 bits per heavy atom. The third-order valence-corrected chi connectivity index (χ3v) is 3.83. The van der Waals surface area contributed by atoms with Gasteiger partial charge in [0, 0.05) is 13.5 Å². The molecule has 2 atom stereocenters. The van der Waals surface area contributed by atoms with Crippen LogP contribution in [0.5, 0.6) is 0 Å². The first-order valence-corrected chi connectivity index (χ1v) is 8.92. The fourth-order valence-corrected chi connectivity index (χ4v) is 2.12. The molecule has 0 fully saturated rings. The lowest BCUT2D eigenvalue weighted by molar-refractivity contribution is -0.168. The van der Waals surface area contributed by atoms with Crippen LogP contribution < -0.4 is 0 Å². The van der Waals surface area contributed by atoms with Crippen LogP contribution in [-0.4, -0.2) is 49.6 Å². The normalized spacial score (nSPS) is 12.5. The minimum atomic E-state index is -1.01. The Morgan fingerprint density at radius 2 is 1.68 bits per heavy atom. The lowest BCUT2D eigenvalue weighted by atomic mass is 10.1. The Kier molecular flexibility index (Phi) is 10.5. The Balaban J connectivity index is 2.31. The van der Waals surface area contributed by atoms with Crippen molar-refractivity contribution in [2.75, 3.05) is 13.7 Å². The number of esters is 3. The van der Waals surface area contributed by atoms with Crippen LogP contribution in [0.2, 0.25) is 0 Å². The van der Waals surface area contributed by atoms with Crippen molar-refractivity contribution >= 4 is 23.7 Å². The fraction of sp³-hybridized carbons (Fsp3) is 0.500. The van der Waals surface area contributed by atoms with Gasteiger partial charge in [0.25, 0.3) is 0 Å². The molecule has 0 saturated carbocycles. The van der Waals surface area contributed by atoms with Gasteiger partial charge in [-0.2, -0.15) is 0 Å². The van der Waals surface area contributed by atoms with E-state index in [9.17, 15) is 19.2 Å². The minimum Gasteiger partial charge on any atom is -0.461 e. The number of carbonyl (C=O) groups excluding carboxylic acids is 4. The summed E-state index contributed by atoms with van der Waals surface area (Å²) in [5.74, 6) is -2.31. The summed E-state index contributed by atoms with van der Waals surface area (Å²) in [7, 11) is 1.33. The molecule has 0 aromatic heterocycles. The lowest BCUT2D eigenvalue weighted by Crippen LogP contribution is -2.30. The molecule has 1 aromatic rings. The van der Waals surface area contributed by atoms with Crippen LogP contribution in [0.3, 0.4) is 0 Å². The van der Waals surface area contributed by atoms with Crippen molar-refractivity contribution in [3.63, 3.8) is 0 Å². The van der Waals surface area contributed by atoms with Crippen LogP contribution in [-0.2, 0) is 44.7 Å². The van der Waals surface area contributed by atoms with E-state index in [4.69, 9.17) is 18.9 Å². The van der Waals surface area contributed by atoms with Gasteiger partial charge in [-0.3, -0.25) is 9.59 Å². The number of rotatable bonds is 12. The highest BCUT2D eigenvalue weighted by molar-refractivity contribution is 5.84. The molecule has 28 heavy (non-hydrogen) atoms. The van der Waals surface area contributed by atoms with E-state index in [2.05, 4.69) is 0 Å². The van der Waals surface area contributed by atoms with Crippen molar-refractivity contribution in [1.82, 2.24) is 0 Å². The highest BCUT2D eigenvalue weighted by Gasteiger charge is 2.22. The zero-order chi connectivity index (χ0) is 20.9. The number of hydrogen-bond donors (Lipinski definition) is 0. The van der Waals surface area contributed by atoms with Gasteiger partial charge in [0.05, 0.1) is 0 Å². The standard InChI is InChI=1S/C20H26O8/c1-14(21)17(28-19(23)13-27-20(24)15(2)25-3)10-7-11-18(22)26-12-16-8-5-4-6-9-16/h4-6,8-9,15,17H,7,10-13H2,1-3H3. The van der Waals surface area contributed by atoms with Crippen molar-refractivity contribution in [1.29, 1.82) is 0 Å². The van der Waals surface area contributed by atoms with Gasteiger partial charge >= 0.3 is 17.9 Å². The van der Waals surface area contributed by atoms with Crippen molar-refractivity contribution in [2.24, 2.45) is 0 Å². The molecule has 8 heteroatoms. The van der Waals surface area contributed by atoms with Crippen LogP contribution >= 0.6 is 0 Å². The number of carbonyl (C=O) groups is 4. The van der Waals surface area contributed by atoms with Gasteiger partial charge in [-0.25, -0.2) is 9.59 Å². The van der Waals surface area contributed by atoms with Gasteiger partial charge in [-0.1, -0.05) is 30.3 Å². The first-order chi connectivity index (χ1) is 13.3. The smallest absolute Gasteiger partial charge is 0.344 e. The summed E-state index contributed by atoms with van der Waals surface area (Å²) in [6.45, 7) is 2.32. The molecular weight excluding hydrogens is 368 g/mol. The summed E-state index contributed by atoms with van der Waals surface area (Å²) >= 11 is 0. The average molecular weight is 394 g/mol. The average Bonchev–Trinajstić information content (AvgIpc) is 2.69. The van der Waals surface area contributed by atoms with Crippen LogP contribution in [0.15, 0.2) is 30.3 Å². The first kappa shape index (κ1) is 23.3. The van der Waals surface area contributed by atoms with Gasteiger partial charge < -0.3 is 18.9 Å². The second kappa shape index (κ2) is 12.6. The molecule has 0 aliphatic heterocycles. The molecule has 0 aliphatic rings. The van der Waals surface area contributed by atoms with E-state index in [1.54, 1.807) is 0 Å². The Hall–Kier alpha value is -2.74. The predicted molar refractivity (Wildman–Crippen MR) is 98.1 cm³/mol. The van der Waals surface area contributed by atoms with E-state index < -0.39 is 36.7 Å². The fourth-order valence-electron chi connectivity index (χ4n) is 2.12. The maximum absolute atomic E-state index is 11.8. The zero-order valence-electron chi connectivity index (χ0n) is 16.3. The predicted octanol–water partition coefficient (Wildman–Crippen LogP) is 1.98. The van der Waals surface area contributed by atoms with E-state index >= 15 is 0 Å². The third-order valence-electron chi connectivity index (χ3n) is 3.83. The number of Topliss-reactive ketones (excluding diaryl/α,β-unsaturated/α-hetero) is 1. The van der Waals surface area contributed by atoms with Crippen molar-refractivity contribution in [2.45, 2.75) is 51.9 Å². The van der Waals surface area contributed by atoms with Gasteiger partial charge in [-0.05, 0) is 32.3 Å². The molecule has 0 aliphatic carbocycles. The number of ether oxygens (including phenoxy) is 4. The Labute approximate surface area is 164 Å². The summed E-state index contributed by atoms with van der Waals surface area (Å²) in [5, 5.41) is 0. The molecule has 2 unspecified atom stereocenters. The number of benzene rings is 1. The van der Waals surface area contributed by atoms with Crippen molar-refractivity contribution in [3.05, 3.63) is 35.9 Å². The van der Waals surface area contributed by atoms with Gasteiger partial charge in [-0.15, -0.1) is 0 Å². The highest BCUT2D eigenvalue weighted by atomic mass is 16.6. The van der Waals surface area contributed by atoms with E-state index in [0.29, 0.717) is 6.42 Å². The summed E-state index contributed by atoms with van der Waals surface area (Å²) in [6.07, 6.45) is -1.24. The number of methoxy groups -OCH3 is 1. The van der Waals surface area contributed by atoms with E-state index in [1.807, 2.05) is 30.3 Å². The zero-order valence-corrected chi connectivity index (χ0v) is 16.3. The largest absolute Gasteiger partial charge is 0.461 e. The molecular formula is C20H26O8. The molecule has 0 radical (unpaired) electrons. The molecule has 0 bridgehead atoms. The molecule has 0 heterocycles. The van der Waals surface area contributed by atoms with E-state index in [1.165, 1.54) is 21.0 Å². The van der Waals surface area contributed by atoms with Crippen molar-refractivity contribution < 1.29 is 38.1 Å². The summed E-state index contributed by atoms with van der Waals surface area (Å²) in [4.78, 5) is 46.6. The van der Waals surface area contributed by atoms with Crippen LogP contribution in [0, 0.1) is 0 Å². The second-order valence-electron chi connectivity index (χ2n) is 6.11. The summed E-state index contributed by atoms with van der Waals surface area (Å²) in [5.41, 5.74) is 0.878. The van der Waals surface area contributed by atoms with Gasteiger partial charge in [0.1, 0.15) is 6.61 Å². The molecule has 0 saturated heterocycles. The third kappa shape index (κ3) is 9.27. The minimum absolute atomic E-state index is 0.0918. The topological polar surface area (TPSA) is 105 Å². The summed E-state index contributed by atoms with van der Waals surface area (Å²) < 4.78 is 19.7. The highest BCUT2D eigenvalue weighted by Crippen LogP contribution is 2.09. The molecule has 0 spiro atoms. The van der Waals surface area contributed by atoms with Gasteiger partial charge in [0.15, 0.2) is 24.6 Å². The Morgan fingerprint density at radius 3 is 2.29 bits per heavy atom. The monoisotopic (exact) mass is 394 g/mol. The summed E-state index contributed by atoms with van der Waals surface area (Å²) in [6, 6.07) is 9.26. The molecule has 0 N–H and O–H groups in total. The molecule has 154 valence electrons.